The molecule has 0 aliphatic carbocycles. The van der Waals surface area contributed by atoms with E-state index in [0.29, 0.717) is 16.6 Å². The summed E-state index contributed by atoms with van der Waals surface area (Å²) in [6.45, 7) is 0. The molecular formula is C17H11F2NO. The zero-order valence-electron chi connectivity index (χ0n) is 10.9. The molecule has 0 spiro atoms. The number of phenolic OH excluding ortho intramolecular Hbond substituents is 1. The van der Waals surface area contributed by atoms with Gasteiger partial charge in [0.1, 0.15) is 5.75 Å². The monoisotopic (exact) mass is 283 g/mol. The maximum atomic E-state index is 13.2. The van der Waals surface area contributed by atoms with Crippen LogP contribution in [0.4, 0.5) is 8.78 Å². The molecule has 0 radical (unpaired) electrons. The number of halogens is 2. The summed E-state index contributed by atoms with van der Waals surface area (Å²) in [5, 5.41) is 9.76. The van der Waals surface area contributed by atoms with Crippen molar-refractivity contribution in [2.75, 3.05) is 0 Å². The number of fused-ring (bicyclic) bond motifs is 1. The lowest BCUT2D eigenvalue weighted by Crippen LogP contribution is -1.88. The van der Waals surface area contributed by atoms with Crippen molar-refractivity contribution in [1.82, 2.24) is 4.98 Å². The Balaban J connectivity index is 1.94. The van der Waals surface area contributed by atoms with Gasteiger partial charge in [0.2, 0.25) is 0 Å². The fourth-order valence-electron chi connectivity index (χ4n) is 1.99. The normalized spacial score (nSPS) is 11.3. The third-order valence-electron chi connectivity index (χ3n) is 3.09. The van der Waals surface area contributed by atoms with Crippen LogP contribution < -0.4 is 0 Å². The van der Waals surface area contributed by atoms with Crippen LogP contribution in [0, 0.1) is 11.6 Å². The summed E-state index contributed by atoms with van der Waals surface area (Å²) in [5.74, 6) is -1.58. The van der Waals surface area contributed by atoms with Crippen LogP contribution in [0.3, 0.4) is 0 Å². The maximum Gasteiger partial charge on any atom is 0.161 e. The SMILES string of the molecule is Oc1ccc(/C=C/c2ccc3cc(F)c(F)cc3n2)cc1. The first-order valence-electron chi connectivity index (χ1n) is 6.35. The van der Waals surface area contributed by atoms with E-state index in [2.05, 4.69) is 4.98 Å². The average Bonchev–Trinajstić information content (AvgIpc) is 2.48. The van der Waals surface area contributed by atoms with Gasteiger partial charge in [0.25, 0.3) is 0 Å². The van der Waals surface area contributed by atoms with Crippen LogP contribution in [0.15, 0.2) is 48.5 Å². The van der Waals surface area contributed by atoms with Gasteiger partial charge < -0.3 is 5.11 Å². The fraction of sp³-hybridized carbons (Fsp3) is 0. The zero-order chi connectivity index (χ0) is 14.8. The van der Waals surface area contributed by atoms with Crippen molar-refractivity contribution in [2.45, 2.75) is 0 Å². The molecule has 0 fully saturated rings. The Morgan fingerprint density at radius 3 is 2.33 bits per heavy atom. The Hall–Kier alpha value is -2.75. The molecule has 0 saturated carbocycles. The predicted molar refractivity (Wildman–Crippen MR) is 78.7 cm³/mol. The highest BCUT2D eigenvalue weighted by atomic mass is 19.2. The van der Waals surface area contributed by atoms with E-state index in [1.54, 1.807) is 42.5 Å². The fourth-order valence-corrected chi connectivity index (χ4v) is 1.99. The lowest BCUT2D eigenvalue weighted by molar-refractivity contribution is 0.475. The van der Waals surface area contributed by atoms with Crippen molar-refractivity contribution in [3.05, 3.63) is 71.4 Å². The van der Waals surface area contributed by atoms with Crippen molar-refractivity contribution in [1.29, 1.82) is 0 Å². The third kappa shape index (κ3) is 2.89. The first-order valence-corrected chi connectivity index (χ1v) is 6.35. The van der Waals surface area contributed by atoms with Crippen LogP contribution in [0.5, 0.6) is 5.75 Å². The van der Waals surface area contributed by atoms with Crippen molar-refractivity contribution in [3.63, 3.8) is 0 Å². The lowest BCUT2D eigenvalue weighted by Gasteiger charge is -2.01. The smallest absolute Gasteiger partial charge is 0.161 e. The molecule has 0 aliphatic rings. The highest BCUT2D eigenvalue weighted by Crippen LogP contribution is 2.18. The summed E-state index contributed by atoms with van der Waals surface area (Å²) >= 11 is 0. The third-order valence-corrected chi connectivity index (χ3v) is 3.09. The molecule has 1 heterocycles. The van der Waals surface area contributed by atoms with Gasteiger partial charge in [0.05, 0.1) is 11.2 Å². The van der Waals surface area contributed by atoms with E-state index in [0.717, 1.165) is 17.7 Å². The molecular weight excluding hydrogens is 272 g/mol. The van der Waals surface area contributed by atoms with Gasteiger partial charge in [0.15, 0.2) is 11.6 Å². The number of hydrogen-bond acceptors (Lipinski definition) is 2. The van der Waals surface area contributed by atoms with Gasteiger partial charge in [-0.05, 0) is 35.9 Å². The van der Waals surface area contributed by atoms with Crippen LogP contribution in [-0.2, 0) is 0 Å². The standard InChI is InChI=1S/C17H11F2NO/c18-15-9-12-4-6-13(20-17(12)10-16(15)19)5-1-11-2-7-14(21)8-3-11/h1-10,21H/b5-1+. The molecule has 0 atom stereocenters. The Labute approximate surface area is 120 Å². The number of aromatic hydroxyl groups is 1. The molecule has 104 valence electrons. The van der Waals surface area contributed by atoms with E-state index in [-0.39, 0.29) is 5.75 Å². The highest BCUT2D eigenvalue weighted by molar-refractivity contribution is 5.81. The van der Waals surface area contributed by atoms with Crippen LogP contribution >= 0.6 is 0 Å². The minimum atomic E-state index is -0.908. The van der Waals surface area contributed by atoms with E-state index >= 15 is 0 Å². The number of hydrogen-bond donors (Lipinski definition) is 1. The summed E-state index contributed by atoms with van der Waals surface area (Å²) in [7, 11) is 0. The summed E-state index contributed by atoms with van der Waals surface area (Å²) in [4.78, 5) is 4.27. The van der Waals surface area contributed by atoms with E-state index in [4.69, 9.17) is 0 Å². The van der Waals surface area contributed by atoms with Crippen LogP contribution in [0.1, 0.15) is 11.3 Å². The van der Waals surface area contributed by atoms with Crippen molar-refractivity contribution >= 4 is 23.1 Å². The van der Waals surface area contributed by atoms with Gasteiger partial charge in [-0.3, -0.25) is 0 Å². The van der Waals surface area contributed by atoms with Crippen LogP contribution in [-0.4, -0.2) is 10.1 Å². The minimum absolute atomic E-state index is 0.202. The molecule has 1 aromatic heterocycles. The molecule has 3 rings (SSSR count). The topological polar surface area (TPSA) is 33.1 Å². The summed E-state index contributed by atoms with van der Waals surface area (Å²) in [6, 6.07) is 12.4. The van der Waals surface area contributed by atoms with Gasteiger partial charge in [-0.15, -0.1) is 0 Å². The van der Waals surface area contributed by atoms with E-state index < -0.39 is 11.6 Å². The first kappa shape index (κ1) is 13.2. The summed E-state index contributed by atoms with van der Waals surface area (Å²) in [6.07, 6.45) is 3.60. The predicted octanol–water partition coefficient (Wildman–Crippen LogP) is 4.39. The molecule has 21 heavy (non-hydrogen) atoms. The average molecular weight is 283 g/mol. The Morgan fingerprint density at radius 2 is 1.57 bits per heavy atom. The van der Waals surface area contributed by atoms with E-state index in [1.165, 1.54) is 0 Å². The molecule has 3 aromatic rings. The molecule has 4 heteroatoms. The number of benzene rings is 2. The molecule has 0 unspecified atom stereocenters. The molecule has 0 bridgehead atoms. The van der Waals surface area contributed by atoms with Crippen molar-refractivity contribution in [3.8, 4) is 5.75 Å². The quantitative estimate of drug-likeness (QED) is 0.756. The highest BCUT2D eigenvalue weighted by Gasteiger charge is 2.04. The summed E-state index contributed by atoms with van der Waals surface area (Å²) < 4.78 is 26.3. The zero-order valence-corrected chi connectivity index (χ0v) is 10.9. The Morgan fingerprint density at radius 1 is 0.857 bits per heavy atom. The Bertz CT molecular complexity index is 826. The lowest BCUT2D eigenvalue weighted by atomic mass is 10.1. The molecule has 0 aliphatic heterocycles. The van der Waals surface area contributed by atoms with Gasteiger partial charge in [-0.1, -0.05) is 24.3 Å². The summed E-state index contributed by atoms with van der Waals surface area (Å²) in [5.41, 5.74) is 1.95. The number of pyridine rings is 1. The van der Waals surface area contributed by atoms with Gasteiger partial charge >= 0.3 is 0 Å². The largest absolute Gasteiger partial charge is 0.508 e. The van der Waals surface area contributed by atoms with E-state index in [9.17, 15) is 13.9 Å². The van der Waals surface area contributed by atoms with Gasteiger partial charge in [-0.25, -0.2) is 13.8 Å². The maximum absolute atomic E-state index is 13.2. The molecule has 0 amide bonds. The second-order valence-corrected chi connectivity index (χ2v) is 4.62. The van der Waals surface area contributed by atoms with E-state index in [1.807, 2.05) is 6.08 Å². The van der Waals surface area contributed by atoms with Crippen molar-refractivity contribution in [2.24, 2.45) is 0 Å². The second kappa shape index (κ2) is 5.32. The van der Waals surface area contributed by atoms with Gasteiger partial charge in [-0.2, -0.15) is 0 Å². The minimum Gasteiger partial charge on any atom is -0.508 e. The van der Waals surface area contributed by atoms with Crippen LogP contribution in [0.25, 0.3) is 23.1 Å². The molecule has 0 saturated heterocycles. The number of phenols is 1. The molecule has 1 N–H and O–H groups in total. The second-order valence-electron chi connectivity index (χ2n) is 4.62. The van der Waals surface area contributed by atoms with Gasteiger partial charge in [0, 0.05) is 11.5 Å². The molecule has 2 nitrogen and oxygen atoms in total. The Kier molecular flexibility index (Phi) is 3.36. The molecule has 2 aromatic carbocycles. The number of nitrogens with zero attached hydrogens (tertiary/aromatic N) is 1. The first-order chi connectivity index (χ1) is 10.1. The number of rotatable bonds is 2. The van der Waals surface area contributed by atoms with Crippen LogP contribution in [0.2, 0.25) is 0 Å². The van der Waals surface area contributed by atoms with Crippen molar-refractivity contribution < 1.29 is 13.9 Å². The number of aromatic nitrogens is 1.